The molecule has 4 aliphatic heterocycles. The fraction of sp³-hybridized carbons (Fsp3) is 0.706. The number of fused-ring (bicyclic) bond motifs is 4. The first-order chi connectivity index (χ1) is 19.9. The lowest BCUT2D eigenvalue weighted by Gasteiger charge is -2.37. The molecular formula is C34H51NO6. The molecule has 7 atom stereocenters. The minimum atomic E-state index is -0.382. The normalized spacial score (nSPS) is 35.6. The Kier molecular flexibility index (Phi) is 12.6. The van der Waals surface area contributed by atoms with Gasteiger partial charge in [-0.2, -0.15) is 0 Å². The van der Waals surface area contributed by atoms with Crippen molar-refractivity contribution in [3.63, 3.8) is 0 Å². The first-order valence-electron chi connectivity index (χ1n) is 16.0. The molecule has 4 rings (SSSR count). The van der Waals surface area contributed by atoms with Gasteiger partial charge in [-0.3, -0.25) is 4.79 Å². The van der Waals surface area contributed by atoms with E-state index in [1.54, 1.807) is 4.90 Å². The summed E-state index contributed by atoms with van der Waals surface area (Å²) in [4.78, 5) is 26.9. The number of cyclic esters (lactones) is 1. The Balaban J connectivity index is 1.38. The van der Waals surface area contributed by atoms with Crippen LogP contribution in [0.5, 0.6) is 0 Å². The van der Waals surface area contributed by atoms with Crippen LogP contribution in [0.4, 0.5) is 4.79 Å². The van der Waals surface area contributed by atoms with Gasteiger partial charge >= 0.3 is 12.1 Å². The van der Waals surface area contributed by atoms with Gasteiger partial charge in [0.2, 0.25) is 0 Å². The van der Waals surface area contributed by atoms with Crippen molar-refractivity contribution >= 4 is 12.1 Å². The first-order valence-corrected chi connectivity index (χ1v) is 16.0. The quantitative estimate of drug-likeness (QED) is 0.152. The SMILES string of the molecule is C/C=C1\CC2CC(=O)OC(/C=C/C=C\CCOC(=O)N3CCCC3)C(C)/C=C/C(C)CC3CCCC(CC(C1)O2)O3. The van der Waals surface area contributed by atoms with E-state index in [0.717, 1.165) is 64.5 Å². The fourth-order valence-corrected chi connectivity index (χ4v) is 6.38. The summed E-state index contributed by atoms with van der Waals surface area (Å²) >= 11 is 0. The molecule has 4 aliphatic rings. The standard InChI is InChI=1S/C34H51NO6/c1-4-27-21-30-23-29-13-11-12-28(39-29)20-25(2)15-16-26(3)32(41-33(36)24-31(22-27)40-30)14-7-5-6-10-19-38-34(37)35-17-8-9-18-35/h4-7,14-16,25-26,28-32H,8-13,17-24H2,1-3H3/b6-5-,14-7+,16-15+,27-4-. The molecule has 1 amide bonds. The van der Waals surface area contributed by atoms with Crippen molar-refractivity contribution in [3.8, 4) is 0 Å². The predicted octanol–water partition coefficient (Wildman–Crippen LogP) is 7.08. The molecule has 7 unspecified atom stereocenters. The molecule has 0 saturated carbocycles. The molecule has 0 aromatic rings. The lowest BCUT2D eigenvalue weighted by Crippen LogP contribution is -2.37. The number of esters is 1. The second-order valence-electron chi connectivity index (χ2n) is 12.3. The fourth-order valence-electron chi connectivity index (χ4n) is 6.38. The van der Waals surface area contributed by atoms with Crippen LogP contribution in [-0.2, 0) is 23.7 Å². The number of ether oxygens (including phenoxy) is 4. The summed E-state index contributed by atoms with van der Waals surface area (Å²) in [5.74, 6) is 0.169. The van der Waals surface area contributed by atoms with Crippen LogP contribution < -0.4 is 0 Å². The number of hydrogen-bond acceptors (Lipinski definition) is 6. The molecule has 0 aromatic heterocycles. The van der Waals surface area contributed by atoms with E-state index in [1.165, 1.54) is 12.0 Å². The van der Waals surface area contributed by atoms with Crippen LogP contribution in [-0.4, -0.2) is 67.2 Å². The monoisotopic (exact) mass is 569 g/mol. The number of likely N-dealkylation sites (tertiary alicyclic amines) is 1. The summed E-state index contributed by atoms with van der Waals surface area (Å²) in [6, 6.07) is 0. The van der Waals surface area contributed by atoms with E-state index in [4.69, 9.17) is 18.9 Å². The van der Waals surface area contributed by atoms with Crippen molar-refractivity contribution in [2.24, 2.45) is 11.8 Å². The molecule has 0 radical (unpaired) electrons. The molecule has 4 heterocycles. The molecule has 4 bridgehead atoms. The predicted molar refractivity (Wildman–Crippen MR) is 160 cm³/mol. The summed E-state index contributed by atoms with van der Waals surface area (Å²) in [6.45, 7) is 8.35. The van der Waals surface area contributed by atoms with Crippen LogP contribution in [0.1, 0.15) is 91.4 Å². The first kappa shape index (κ1) is 31.6. The van der Waals surface area contributed by atoms with Gasteiger partial charge in [-0.1, -0.05) is 55.9 Å². The topological polar surface area (TPSA) is 74.3 Å². The van der Waals surface area contributed by atoms with Gasteiger partial charge in [0.15, 0.2) is 0 Å². The van der Waals surface area contributed by atoms with Crippen LogP contribution in [0.15, 0.2) is 48.1 Å². The smallest absolute Gasteiger partial charge is 0.409 e. The highest BCUT2D eigenvalue weighted by molar-refractivity contribution is 5.70. The summed E-state index contributed by atoms with van der Waals surface area (Å²) in [5, 5.41) is 0. The number of amides is 1. The number of carbonyl (C=O) groups excluding carboxylic acids is 2. The maximum Gasteiger partial charge on any atom is 0.409 e. The zero-order valence-electron chi connectivity index (χ0n) is 25.4. The summed E-state index contributed by atoms with van der Waals surface area (Å²) in [5.41, 5.74) is 1.35. The highest BCUT2D eigenvalue weighted by atomic mass is 16.6. The van der Waals surface area contributed by atoms with Gasteiger partial charge in [0.05, 0.1) is 37.4 Å². The summed E-state index contributed by atoms with van der Waals surface area (Å²) < 4.78 is 24.4. The molecule has 228 valence electrons. The van der Waals surface area contributed by atoms with Crippen molar-refractivity contribution < 1.29 is 28.5 Å². The Bertz CT molecular complexity index is 964. The number of nitrogens with zero attached hydrogens (tertiary/aromatic N) is 1. The third-order valence-corrected chi connectivity index (χ3v) is 8.72. The maximum atomic E-state index is 13.1. The molecule has 3 saturated heterocycles. The van der Waals surface area contributed by atoms with Crippen molar-refractivity contribution in [1.82, 2.24) is 4.90 Å². The minimum Gasteiger partial charge on any atom is -0.457 e. The highest BCUT2D eigenvalue weighted by Crippen LogP contribution is 2.33. The van der Waals surface area contributed by atoms with Crippen LogP contribution in [0.3, 0.4) is 0 Å². The van der Waals surface area contributed by atoms with Crippen LogP contribution in [0, 0.1) is 11.8 Å². The van der Waals surface area contributed by atoms with E-state index < -0.39 is 0 Å². The zero-order valence-corrected chi connectivity index (χ0v) is 25.4. The van der Waals surface area contributed by atoms with Gasteiger partial charge in [-0.25, -0.2) is 4.79 Å². The second-order valence-corrected chi connectivity index (χ2v) is 12.3. The van der Waals surface area contributed by atoms with E-state index in [-0.39, 0.29) is 54.9 Å². The molecule has 7 nitrogen and oxygen atoms in total. The largest absolute Gasteiger partial charge is 0.457 e. The van der Waals surface area contributed by atoms with E-state index in [1.807, 2.05) is 24.3 Å². The Morgan fingerprint density at radius 3 is 2.46 bits per heavy atom. The van der Waals surface area contributed by atoms with E-state index in [2.05, 4.69) is 39.0 Å². The Morgan fingerprint density at radius 2 is 1.68 bits per heavy atom. The van der Waals surface area contributed by atoms with E-state index in [9.17, 15) is 9.59 Å². The zero-order chi connectivity index (χ0) is 29.0. The Hall–Kier alpha value is -2.38. The van der Waals surface area contributed by atoms with Gasteiger partial charge in [0.1, 0.15) is 6.10 Å². The number of rotatable bonds is 5. The van der Waals surface area contributed by atoms with E-state index in [0.29, 0.717) is 18.9 Å². The van der Waals surface area contributed by atoms with Gasteiger partial charge in [-0.05, 0) is 76.7 Å². The second kappa shape index (κ2) is 16.3. The number of allylic oxidation sites excluding steroid dienone is 4. The Labute approximate surface area is 247 Å². The van der Waals surface area contributed by atoms with Crippen LogP contribution in [0.25, 0.3) is 0 Å². The van der Waals surface area contributed by atoms with Gasteiger partial charge < -0.3 is 23.8 Å². The lowest BCUT2D eigenvalue weighted by atomic mass is 9.90. The van der Waals surface area contributed by atoms with E-state index >= 15 is 0 Å². The molecule has 0 spiro atoms. The molecule has 0 aromatic carbocycles. The van der Waals surface area contributed by atoms with Crippen LogP contribution in [0.2, 0.25) is 0 Å². The molecule has 0 N–H and O–H groups in total. The highest BCUT2D eigenvalue weighted by Gasteiger charge is 2.32. The average Bonchev–Trinajstić information content (AvgIpc) is 3.49. The molecule has 7 heteroatoms. The molecule has 41 heavy (non-hydrogen) atoms. The molecular weight excluding hydrogens is 518 g/mol. The summed E-state index contributed by atoms with van der Waals surface area (Å²) in [6.07, 6.45) is 24.2. The van der Waals surface area contributed by atoms with Crippen molar-refractivity contribution in [1.29, 1.82) is 0 Å². The Morgan fingerprint density at radius 1 is 0.951 bits per heavy atom. The lowest BCUT2D eigenvalue weighted by molar-refractivity contribution is -0.154. The van der Waals surface area contributed by atoms with Gasteiger partial charge in [-0.15, -0.1) is 0 Å². The van der Waals surface area contributed by atoms with Gasteiger partial charge in [0, 0.05) is 25.4 Å². The number of hydrogen-bond donors (Lipinski definition) is 0. The molecule has 0 aliphatic carbocycles. The van der Waals surface area contributed by atoms with Crippen LogP contribution >= 0.6 is 0 Å². The maximum absolute atomic E-state index is 13.1. The molecule has 3 fully saturated rings. The minimum absolute atomic E-state index is 0.0199. The van der Waals surface area contributed by atoms with Gasteiger partial charge in [0.25, 0.3) is 0 Å². The third kappa shape index (κ3) is 10.4. The van der Waals surface area contributed by atoms with Crippen molar-refractivity contribution in [2.45, 2.75) is 122 Å². The van der Waals surface area contributed by atoms with Crippen molar-refractivity contribution in [3.05, 3.63) is 48.1 Å². The van der Waals surface area contributed by atoms with Crippen molar-refractivity contribution in [2.75, 3.05) is 19.7 Å². The number of carbonyl (C=O) groups is 2. The summed E-state index contributed by atoms with van der Waals surface area (Å²) in [7, 11) is 0. The third-order valence-electron chi connectivity index (χ3n) is 8.72. The average molecular weight is 570 g/mol.